The van der Waals surface area contributed by atoms with Gasteiger partial charge in [0.15, 0.2) is 0 Å². The Balaban J connectivity index is 2.01. The van der Waals surface area contributed by atoms with E-state index in [-0.39, 0.29) is 6.03 Å². The number of hydrogen-bond donors (Lipinski definition) is 1. The van der Waals surface area contributed by atoms with Crippen LogP contribution in [0.4, 0.5) is 10.5 Å². The zero-order valence-electron chi connectivity index (χ0n) is 12.5. The lowest BCUT2D eigenvalue weighted by Crippen LogP contribution is -2.33. The maximum atomic E-state index is 12.2. The summed E-state index contributed by atoms with van der Waals surface area (Å²) in [6.45, 7) is 0.347. The summed E-state index contributed by atoms with van der Waals surface area (Å²) in [7, 11) is 0.416. The molecule has 5 nitrogen and oxygen atoms in total. The molecule has 0 aliphatic heterocycles. The number of amides is 2. The standard InChI is InChI=1S/C16H18N2O3S/c1-21-18(12-13-6-4-3-5-7-13)16(19)17-14-8-10-15(11-9-14)22(2)20/h3-11H,12H2,1-2H3,(H,17,19)/t22-/m1/s1. The second-order valence-electron chi connectivity index (χ2n) is 4.61. The summed E-state index contributed by atoms with van der Waals surface area (Å²) in [5.74, 6) is 0. The second-order valence-corrected chi connectivity index (χ2v) is 5.99. The van der Waals surface area contributed by atoms with Gasteiger partial charge in [-0.05, 0) is 29.8 Å². The molecule has 0 heterocycles. The van der Waals surface area contributed by atoms with Gasteiger partial charge in [0.25, 0.3) is 0 Å². The van der Waals surface area contributed by atoms with E-state index in [1.165, 1.54) is 12.2 Å². The predicted molar refractivity (Wildman–Crippen MR) is 86.8 cm³/mol. The lowest BCUT2D eigenvalue weighted by molar-refractivity contribution is -0.0886. The monoisotopic (exact) mass is 318 g/mol. The van der Waals surface area contributed by atoms with Gasteiger partial charge in [0.05, 0.1) is 13.7 Å². The Kier molecular flexibility index (Phi) is 5.68. The first-order chi connectivity index (χ1) is 10.6. The molecule has 0 aliphatic rings. The van der Waals surface area contributed by atoms with Gasteiger partial charge in [-0.15, -0.1) is 0 Å². The van der Waals surface area contributed by atoms with Crippen molar-refractivity contribution in [1.82, 2.24) is 5.06 Å². The summed E-state index contributed by atoms with van der Waals surface area (Å²) in [6, 6.07) is 16.1. The number of hydroxylamine groups is 2. The van der Waals surface area contributed by atoms with Crippen molar-refractivity contribution in [3.63, 3.8) is 0 Å². The molecule has 0 radical (unpaired) electrons. The van der Waals surface area contributed by atoms with Crippen LogP contribution in [0.3, 0.4) is 0 Å². The molecule has 6 heteroatoms. The SMILES string of the molecule is CON(Cc1ccccc1)C(=O)Nc1ccc([S@@](C)=O)cc1. The predicted octanol–water partition coefficient (Wildman–Crippen LogP) is 3.02. The summed E-state index contributed by atoms with van der Waals surface area (Å²) in [5.41, 5.74) is 1.59. The average molecular weight is 318 g/mol. The molecular formula is C16H18N2O3S. The van der Waals surface area contributed by atoms with Crippen LogP contribution in [0.25, 0.3) is 0 Å². The maximum Gasteiger partial charge on any atom is 0.346 e. The Morgan fingerprint density at radius 2 is 1.77 bits per heavy atom. The summed E-state index contributed by atoms with van der Waals surface area (Å²) in [4.78, 5) is 18.0. The van der Waals surface area contributed by atoms with E-state index in [4.69, 9.17) is 4.84 Å². The lowest BCUT2D eigenvalue weighted by Gasteiger charge is -2.20. The molecule has 2 aromatic rings. The fraction of sp³-hybridized carbons (Fsp3) is 0.188. The number of anilines is 1. The van der Waals surface area contributed by atoms with Crippen LogP contribution in [0.2, 0.25) is 0 Å². The Morgan fingerprint density at radius 3 is 2.32 bits per heavy atom. The average Bonchev–Trinajstić information content (AvgIpc) is 2.54. The number of benzene rings is 2. The van der Waals surface area contributed by atoms with Gasteiger partial charge in [0, 0.05) is 27.6 Å². The summed E-state index contributed by atoms with van der Waals surface area (Å²) < 4.78 is 11.3. The fourth-order valence-corrected chi connectivity index (χ4v) is 2.40. The van der Waals surface area contributed by atoms with Gasteiger partial charge in [-0.3, -0.25) is 9.05 Å². The highest BCUT2D eigenvalue weighted by Crippen LogP contribution is 2.13. The molecule has 2 rings (SSSR count). The van der Waals surface area contributed by atoms with Gasteiger partial charge in [-0.1, -0.05) is 30.3 Å². The van der Waals surface area contributed by atoms with E-state index >= 15 is 0 Å². The van der Waals surface area contributed by atoms with Gasteiger partial charge >= 0.3 is 6.03 Å². The molecule has 0 saturated carbocycles. The first-order valence-corrected chi connectivity index (χ1v) is 8.26. The van der Waals surface area contributed by atoms with Crippen LogP contribution in [0.15, 0.2) is 59.5 Å². The van der Waals surface area contributed by atoms with Crippen molar-refractivity contribution >= 4 is 22.5 Å². The molecule has 0 bridgehead atoms. The van der Waals surface area contributed by atoms with E-state index in [2.05, 4.69) is 5.32 Å². The number of rotatable bonds is 5. The Bertz CT molecular complexity index is 644. The highest BCUT2D eigenvalue weighted by atomic mass is 32.2. The number of hydrogen-bond acceptors (Lipinski definition) is 3. The Morgan fingerprint density at radius 1 is 1.14 bits per heavy atom. The van der Waals surface area contributed by atoms with Crippen molar-refractivity contribution < 1.29 is 13.8 Å². The van der Waals surface area contributed by atoms with Gasteiger partial charge in [0.1, 0.15) is 0 Å². The van der Waals surface area contributed by atoms with Crippen molar-refractivity contribution in [3.05, 3.63) is 60.2 Å². The quantitative estimate of drug-likeness (QED) is 0.862. The zero-order chi connectivity index (χ0) is 15.9. The molecule has 0 saturated heterocycles. The van der Waals surface area contributed by atoms with E-state index in [9.17, 15) is 9.00 Å². The molecule has 116 valence electrons. The van der Waals surface area contributed by atoms with E-state index < -0.39 is 10.8 Å². The molecule has 0 spiro atoms. The summed E-state index contributed by atoms with van der Waals surface area (Å²) in [6.07, 6.45) is 1.61. The third kappa shape index (κ3) is 4.41. The third-order valence-corrected chi connectivity index (χ3v) is 3.99. The maximum absolute atomic E-state index is 12.2. The minimum atomic E-state index is -1.03. The van der Waals surface area contributed by atoms with Crippen LogP contribution in [0.5, 0.6) is 0 Å². The van der Waals surface area contributed by atoms with Crippen LogP contribution < -0.4 is 5.32 Å². The van der Waals surface area contributed by atoms with E-state index in [1.807, 2.05) is 30.3 Å². The first kappa shape index (κ1) is 16.2. The highest BCUT2D eigenvalue weighted by Gasteiger charge is 2.13. The number of urea groups is 1. The van der Waals surface area contributed by atoms with E-state index in [0.717, 1.165) is 5.56 Å². The second kappa shape index (κ2) is 7.72. The molecule has 0 aromatic heterocycles. The normalized spacial score (nSPS) is 11.7. The van der Waals surface area contributed by atoms with E-state index in [0.29, 0.717) is 17.1 Å². The van der Waals surface area contributed by atoms with Crippen LogP contribution >= 0.6 is 0 Å². The van der Waals surface area contributed by atoms with Crippen molar-refractivity contribution in [1.29, 1.82) is 0 Å². The van der Waals surface area contributed by atoms with Crippen molar-refractivity contribution in [3.8, 4) is 0 Å². The number of nitrogens with one attached hydrogen (secondary N) is 1. The Labute approximate surface area is 132 Å². The third-order valence-electron chi connectivity index (χ3n) is 3.05. The molecular weight excluding hydrogens is 300 g/mol. The highest BCUT2D eigenvalue weighted by molar-refractivity contribution is 7.84. The van der Waals surface area contributed by atoms with Crippen LogP contribution in [-0.2, 0) is 22.2 Å². The van der Waals surface area contributed by atoms with Crippen LogP contribution in [0, 0.1) is 0 Å². The molecule has 2 amide bonds. The summed E-state index contributed by atoms with van der Waals surface area (Å²) >= 11 is 0. The first-order valence-electron chi connectivity index (χ1n) is 6.70. The molecule has 0 unspecified atom stereocenters. The topological polar surface area (TPSA) is 58.6 Å². The molecule has 0 aliphatic carbocycles. The van der Waals surface area contributed by atoms with Crippen LogP contribution in [-0.4, -0.2) is 28.7 Å². The van der Waals surface area contributed by atoms with Crippen molar-refractivity contribution in [2.24, 2.45) is 0 Å². The minimum absolute atomic E-state index is 0.347. The number of carbonyl (C=O) groups is 1. The minimum Gasteiger partial charge on any atom is -0.306 e. The lowest BCUT2D eigenvalue weighted by atomic mass is 10.2. The van der Waals surface area contributed by atoms with Gasteiger partial charge in [-0.2, -0.15) is 5.06 Å². The fourth-order valence-electron chi connectivity index (χ4n) is 1.88. The largest absolute Gasteiger partial charge is 0.346 e. The Hall–Kier alpha value is -2.18. The van der Waals surface area contributed by atoms with Crippen molar-refractivity contribution in [2.45, 2.75) is 11.4 Å². The smallest absolute Gasteiger partial charge is 0.306 e. The van der Waals surface area contributed by atoms with Gasteiger partial charge in [-0.25, -0.2) is 4.79 Å². The van der Waals surface area contributed by atoms with Crippen molar-refractivity contribution in [2.75, 3.05) is 18.7 Å². The molecule has 1 atom stereocenters. The number of carbonyl (C=O) groups excluding carboxylic acids is 1. The molecule has 0 fully saturated rings. The molecule has 2 aromatic carbocycles. The van der Waals surface area contributed by atoms with E-state index in [1.54, 1.807) is 30.5 Å². The number of nitrogens with zero attached hydrogens (tertiary/aromatic N) is 1. The molecule has 1 N–H and O–H groups in total. The van der Waals surface area contributed by atoms with Gasteiger partial charge in [0.2, 0.25) is 0 Å². The zero-order valence-corrected chi connectivity index (χ0v) is 13.3. The van der Waals surface area contributed by atoms with Crippen LogP contribution in [0.1, 0.15) is 5.56 Å². The summed E-state index contributed by atoms with van der Waals surface area (Å²) in [5, 5.41) is 3.98. The van der Waals surface area contributed by atoms with Gasteiger partial charge < -0.3 is 5.32 Å². The molecule has 22 heavy (non-hydrogen) atoms.